The van der Waals surface area contributed by atoms with Crippen molar-refractivity contribution in [1.29, 1.82) is 0 Å². The summed E-state index contributed by atoms with van der Waals surface area (Å²) in [4.78, 5) is 32.6. The first-order valence-electron chi connectivity index (χ1n) is 11.2. The van der Waals surface area contributed by atoms with Gasteiger partial charge in [0.25, 0.3) is 0 Å². The fraction of sp³-hybridized carbons (Fsp3) is 0.435. The smallest absolute Gasteiger partial charge is 0.317 e. The number of sulfonamides is 1. The first-order chi connectivity index (χ1) is 15.8. The van der Waals surface area contributed by atoms with Gasteiger partial charge in [0, 0.05) is 57.1 Å². The standard InChI is InChI=1S/C23H29N5O4S/c1-18(29)19-5-7-21(8-6-19)33(31,32)28-16-14-27(15-17-28)23(30)25-20-9-12-26(13-10-20)22-4-2-3-11-24-22/h2-8,11,20H,9-10,12-17H2,1H3,(H,25,30). The second-order valence-corrected chi connectivity index (χ2v) is 10.3. The highest BCUT2D eigenvalue weighted by atomic mass is 32.2. The number of rotatable bonds is 5. The third kappa shape index (κ3) is 5.33. The van der Waals surface area contributed by atoms with Gasteiger partial charge in [-0.1, -0.05) is 18.2 Å². The molecule has 3 heterocycles. The normalized spacial score (nSPS) is 18.2. The summed E-state index contributed by atoms with van der Waals surface area (Å²) in [5.41, 5.74) is 0.473. The number of nitrogens with one attached hydrogen (secondary N) is 1. The van der Waals surface area contributed by atoms with Crippen molar-refractivity contribution in [3.05, 3.63) is 54.2 Å². The van der Waals surface area contributed by atoms with Gasteiger partial charge in [0.05, 0.1) is 4.90 Å². The Labute approximate surface area is 194 Å². The molecule has 0 radical (unpaired) electrons. The predicted octanol–water partition coefficient (Wildman–Crippen LogP) is 1.97. The largest absolute Gasteiger partial charge is 0.356 e. The van der Waals surface area contributed by atoms with Crippen LogP contribution in [0, 0.1) is 0 Å². The van der Waals surface area contributed by atoms with Gasteiger partial charge < -0.3 is 15.1 Å². The lowest BCUT2D eigenvalue weighted by Crippen LogP contribution is -2.55. The van der Waals surface area contributed by atoms with Crippen molar-refractivity contribution in [1.82, 2.24) is 19.5 Å². The quantitative estimate of drug-likeness (QED) is 0.669. The van der Waals surface area contributed by atoms with Gasteiger partial charge in [-0.2, -0.15) is 4.31 Å². The summed E-state index contributed by atoms with van der Waals surface area (Å²) in [6, 6.07) is 11.8. The average Bonchev–Trinajstić information content (AvgIpc) is 2.85. The Morgan fingerprint density at radius 3 is 2.18 bits per heavy atom. The first kappa shape index (κ1) is 23.2. The SMILES string of the molecule is CC(=O)c1ccc(S(=O)(=O)N2CCN(C(=O)NC3CCN(c4ccccn4)CC3)CC2)cc1. The number of carbonyl (C=O) groups is 2. The number of aromatic nitrogens is 1. The minimum atomic E-state index is -3.66. The summed E-state index contributed by atoms with van der Waals surface area (Å²) in [6.45, 7) is 4.25. The number of urea groups is 1. The number of piperazine rings is 1. The van der Waals surface area contributed by atoms with Crippen LogP contribution < -0.4 is 10.2 Å². The molecule has 1 aromatic heterocycles. The number of piperidine rings is 1. The molecule has 176 valence electrons. The number of pyridine rings is 1. The van der Waals surface area contributed by atoms with E-state index >= 15 is 0 Å². The molecular weight excluding hydrogens is 442 g/mol. The molecule has 2 amide bonds. The van der Waals surface area contributed by atoms with E-state index in [9.17, 15) is 18.0 Å². The number of amides is 2. The number of anilines is 1. The van der Waals surface area contributed by atoms with E-state index < -0.39 is 10.0 Å². The summed E-state index contributed by atoms with van der Waals surface area (Å²) in [7, 11) is -3.66. The Bertz CT molecular complexity index is 1080. The van der Waals surface area contributed by atoms with Crippen molar-refractivity contribution >= 4 is 27.7 Å². The molecule has 10 heteroatoms. The predicted molar refractivity (Wildman–Crippen MR) is 125 cm³/mol. The second-order valence-electron chi connectivity index (χ2n) is 8.37. The lowest BCUT2D eigenvalue weighted by molar-refractivity contribution is 0.101. The highest BCUT2D eigenvalue weighted by Gasteiger charge is 2.31. The van der Waals surface area contributed by atoms with Crippen molar-refractivity contribution < 1.29 is 18.0 Å². The van der Waals surface area contributed by atoms with E-state index in [4.69, 9.17) is 0 Å². The Kier molecular flexibility index (Phi) is 6.94. The Hall–Kier alpha value is -2.98. The molecule has 1 N–H and O–H groups in total. The van der Waals surface area contributed by atoms with Crippen LogP contribution in [0.25, 0.3) is 0 Å². The van der Waals surface area contributed by atoms with Gasteiger partial charge in [-0.25, -0.2) is 18.2 Å². The van der Waals surface area contributed by atoms with Crippen LogP contribution in [0.15, 0.2) is 53.6 Å². The summed E-state index contributed by atoms with van der Waals surface area (Å²) < 4.78 is 27.2. The Morgan fingerprint density at radius 1 is 0.939 bits per heavy atom. The van der Waals surface area contributed by atoms with E-state index in [1.807, 2.05) is 18.2 Å². The monoisotopic (exact) mass is 471 g/mol. The van der Waals surface area contributed by atoms with Gasteiger partial charge >= 0.3 is 6.03 Å². The van der Waals surface area contributed by atoms with Crippen LogP contribution in [0.2, 0.25) is 0 Å². The van der Waals surface area contributed by atoms with Crippen LogP contribution in [0.1, 0.15) is 30.1 Å². The maximum atomic E-state index is 12.9. The lowest BCUT2D eigenvalue weighted by Gasteiger charge is -2.37. The highest BCUT2D eigenvalue weighted by Crippen LogP contribution is 2.20. The first-order valence-corrected chi connectivity index (χ1v) is 12.6. The number of nitrogens with zero attached hydrogens (tertiary/aromatic N) is 4. The molecule has 0 bridgehead atoms. The number of hydrogen-bond donors (Lipinski definition) is 1. The van der Waals surface area contributed by atoms with Gasteiger partial charge in [0.1, 0.15) is 5.82 Å². The third-order valence-corrected chi connectivity index (χ3v) is 8.13. The maximum Gasteiger partial charge on any atom is 0.317 e. The molecule has 2 saturated heterocycles. The molecule has 2 aliphatic rings. The number of benzene rings is 1. The van der Waals surface area contributed by atoms with Crippen LogP contribution in [-0.2, 0) is 10.0 Å². The van der Waals surface area contributed by atoms with E-state index in [-0.39, 0.29) is 35.8 Å². The van der Waals surface area contributed by atoms with Crippen LogP contribution in [0.4, 0.5) is 10.6 Å². The van der Waals surface area contributed by atoms with E-state index in [2.05, 4.69) is 15.2 Å². The van der Waals surface area contributed by atoms with Crippen LogP contribution in [0.5, 0.6) is 0 Å². The summed E-state index contributed by atoms with van der Waals surface area (Å²) in [5, 5.41) is 3.10. The molecule has 0 saturated carbocycles. The molecule has 33 heavy (non-hydrogen) atoms. The zero-order valence-corrected chi connectivity index (χ0v) is 19.5. The fourth-order valence-corrected chi connectivity index (χ4v) is 5.62. The molecule has 0 atom stereocenters. The zero-order valence-electron chi connectivity index (χ0n) is 18.7. The number of Topliss-reactive ketones (excluding diaryl/α,β-unsaturated/α-hetero) is 1. The van der Waals surface area contributed by atoms with Crippen molar-refractivity contribution in [2.45, 2.75) is 30.7 Å². The molecule has 0 unspecified atom stereocenters. The zero-order chi connectivity index (χ0) is 23.4. The molecule has 2 aliphatic heterocycles. The van der Waals surface area contributed by atoms with Crippen molar-refractivity contribution in [3.8, 4) is 0 Å². The van der Waals surface area contributed by atoms with Crippen LogP contribution in [-0.4, -0.2) is 79.7 Å². The van der Waals surface area contributed by atoms with Gasteiger partial charge in [0.2, 0.25) is 10.0 Å². The number of ketones is 1. The number of hydrogen-bond acceptors (Lipinski definition) is 6. The van der Waals surface area contributed by atoms with Gasteiger partial charge in [-0.15, -0.1) is 0 Å². The highest BCUT2D eigenvalue weighted by molar-refractivity contribution is 7.89. The number of carbonyl (C=O) groups excluding carboxylic acids is 2. The van der Waals surface area contributed by atoms with Crippen molar-refractivity contribution in [3.63, 3.8) is 0 Å². The third-order valence-electron chi connectivity index (χ3n) is 6.22. The summed E-state index contributed by atoms with van der Waals surface area (Å²) in [5.74, 6) is 0.844. The molecule has 2 fully saturated rings. The van der Waals surface area contributed by atoms with Crippen molar-refractivity contribution in [2.24, 2.45) is 0 Å². The lowest BCUT2D eigenvalue weighted by atomic mass is 10.1. The average molecular weight is 472 g/mol. The van der Waals surface area contributed by atoms with E-state index in [1.54, 1.807) is 11.1 Å². The molecule has 0 spiro atoms. The molecule has 1 aromatic carbocycles. The minimum Gasteiger partial charge on any atom is -0.356 e. The topological polar surface area (TPSA) is 103 Å². The van der Waals surface area contributed by atoms with E-state index in [1.165, 1.54) is 35.5 Å². The Balaban J connectivity index is 1.26. The van der Waals surface area contributed by atoms with Gasteiger partial charge in [-0.05, 0) is 44.0 Å². The van der Waals surface area contributed by atoms with Gasteiger partial charge in [-0.3, -0.25) is 4.79 Å². The molecule has 4 rings (SSSR count). The maximum absolute atomic E-state index is 12.9. The second kappa shape index (κ2) is 9.88. The van der Waals surface area contributed by atoms with E-state index in [0.717, 1.165) is 31.7 Å². The molecular formula is C23H29N5O4S. The fourth-order valence-electron chi connectivity index (χ4n) is 4.20. The minimum absolute atomic E-state index is 0.0963. The van der Waals surface area contributed by atoms with Crippen molar-refractivity contribution in [2.75, 3.05) is 44.2 Å². The van der Waals surface area contributed by atoms with E-state index in [0.29, 0.717) is 18.7 Å². The molecule has 2 aromatic rings. The van der Waals surface area contributed by atoms with Gasteiger partial charge in [0.15, 0.2) is 5.78 Å². The Morgan fingerprint density at radius 2 is 1.61 bits per heavy atom. The molecule has 0 aliphatic carbocycles. The molecule has 9 nitrogen and oxygen atoms in total. The summed E-state index contributed by atoms with van der Waals surface area (Å²) >= 11 is 0. The van der Waals surface area contributed by atoms with Crippen LogP contribution >= 0.6 is 0 Å². The van der Waals surface area contributed by atoms with Crippen LogP contribution in [0.3, 0.4) is 0 Å². The summed E-state index contributed by atoms with van der Waals surface area (Å²) in [6.07, 6.45) is 3.46.